The highest BCUT2D eigenvalue weighted by molar-refractivity contribution is 6.14. The van der Waals surface area contributed by atoms with Crippen molar-refractivity contribution < 1.29 is 14.7 Å². The third-order valence-corrected chi connectivity index (χ3v) is 3.72. The maximum absolute atomic E-state index is 12.5. The number of carbonyl (C=O) groups is 2. The number of carboxylic acid groups (broad SMARTS) is 1. The van der Waals surface area contributed by atoms with Gasteiger partial charge in [0.25, 0.3) is 5.91 Å². The lowest BCUT2D eigenvalue weighted by atomic mass is 9.96. The topological polar surface area (TPSA) is 66.4 Å². The first-order valence-electron chi connectivity index (χ1n) is 6.93. The number of hydrogen-bond acceptors (Lipinski definition) is 2. The van der Waals surface area contributed by atoms with Gasteiger partial charge in [0.1, 0.15) is 0 Å². The fourth-order valence-electron chi connectivity index (χ4n) is 2.17. The molecule has 2 rings (SSSR count). The summed E-state index contributed by atoms with van der Waals surface area (Å²) >= 11 is 0. The summed E-state index contributed by atoms with van der Waals surface area (Å²) in [7, 11) is 0. The first-order valence-corrected chi connectivity index (χ1v) is 6.93. The molecule has 2 aromatic rings. The zero-order valence-electron chi connectivity index (χ0n) is 12.4. The van der Waals surface area contributed by atoms with Crippen LogP contribution >= 0.6 is 0 Å². The highest BCUT2D eigenvalue weighted by Gasteiger charge is 2.22. The molecule has 0 aliphatic rings. The van der Waals surface area contributed by atoms with Crippen LogP contribution in [-0.4, -0.2) is 22.5 Å². The molecule has 0 spiro atoms. The number of benzene rings is 2. The monoisotopic (exact) mass is 285 g/mol. The van der Waals surface area contributed by atoms with Gasteiger partial charge in [-0.15, -0.1) is 0 Å². The average Bonchev–Trinajstić information content (AvgIpc) is 2.45. The smallest absolute Gasteiger partial charge is 0.336 e. The first-order chi connectivity index (χ1) is 9.85. The third-order valence-electron chi connectivity index (χ3n) is 3.72. The van der Waals surface area contributed by atoms with Crippen molar-refractivity contribution in [3.8, 4) is 0 Å². The lowest BCUT2D eigenvalue weighted by molar-refractivity contribution is 0.0699. The van der Waals surface area contributed by atoms with Crippen LogP contribution in [0.4, 0.5) is 0 Å². The van der Waals surface area contributed by atoms with E-state index in [-0.39, 0.29) is 17.0 Å². The summed E-state index contributed by atoms with van der Waals surface area (Å²) in [5, 5.41) is 13.5. The summed E-state index contributed by atoms with van der Waals surface area (Å²) in [5.41, 5.74) is 0.205. The number of rotatable bonds is 4. The van der Waals surface area contributed by atoms with Crippen LogP contribution in [0.15, 0.2) is 36.4 Å². The Kier molecular flexibility index (Phi) is 3.98. The molecule has 1 amide bonds. The van der Waals surface area contributed by atoms with E-state index in [2.05, 4.69) is 5.32 Å². The summed E-state index contributed by atoms with van der Waals surface area (Å²) < 4.78 is 0. The first kappa shape index (κ1) is 15.0. The molecule has 0 aliphatic carbocycles. The molecule has 4 heteroatoms. The minimum Gasteiger partial charge on any atom is -0.478 e. The summed E-state index contributed by atoms with van der Waals surface area (Å²) in [6.07, 6.45) is 0.787. The number of aromatic carboxylic acids is 1. The van der Waals surface area contributed by atoms with E-state index in [0.717, 1.165) is 11.8 Å². The van der Waals surface area contributed by atoms with Gasteiger partial charge in [0.05, 0.1) is 5.56 Å². The van der Waals surface area contributed by atoms with Gasteiger partial charge in [0.2, 0.25) is 0 Å². The van der Waals surface area contributed by atoms with Crippen molar-refractivity contribution in [3.05, 3.63) is 47.5 Å². The number of fused-ring (bicyclic) bond motifs is 1. The van der Waals surface area contributed by atoms with Crippen LogP contribution in [0.3, 0.4) is 0 Å². The molecule has 0 aliphatic heterocycles. The van der Waals surface area contributed by atoms with Crippen molar-refractivity contribution in [2.75, 3.05) is 0 Å². The van der Waals surface area contributed by atoms with Crippen molar-refractivity contribution in [1.82, 2.24) is 5.32 Å². The predicted octanol–water partition coefficient (Wildman–Crippen LogP) is 3.46. The van der Waals surface area contributed by atoms with Crippen LogP contribution in [0, 0.1) is 0 Å². The van der Waals surface area contributed by atoms with Gasteiger partial charge >= 0.3 is 5.97 Å². The number of carboxylic acids is 1. The van der Waals surface area contributed by atoms with Gasteiger partial charge in [-0.2, -0.15) is 0 Å². The van der Waals surface area contributed by atoms with Gasteiger partial charge < -0.3 is 10.4 Å². The van der Waals surface area contributed by atoms with Crippen molar-refractivity contribution in [3.63, 3.8) is 0 Å². The lowest BCUT2D eigenvalue weighted by Crippen LogP contribution is -2.42. The SMILES string of the molecule is CCC(C)(C)NC(=O)c1cccc2cccc(C(=O)O)c12. The lowest BCUT2D eigenvalue weighted by Gasteiger charge is -2.25. The largest absolute Gasteiger partial charge is 0.478 e. The Balaban J connectivity index is 2.59. The summed E-state index contributed by atoms with van der Waals surface area (Å²) in [6.45, 7) is 5.87. The maximum Gasteiger partial charge on any atom is 0.336 e. The van der Waals surface area contributed by atoms with Gasteiger partial charge in [0, 0.05) is 16.5 Å². The van der Waals surface area contributed by atoms with Gasteiger partial charge in [-0.1, -0.05) is 31.2 Å². The van der Waals surface area contributed by atoms with E-state index in [1.54, 1.807) is 18.2 Å². The molecule has 0 heterocycles. The Hall–Kier alpha value is -2.36. The Morgan fingerprint density at radius 2 is 1.67 bits per heavy atom. The van der Waals surface area contributed by atoms with Crippen LogP contribution in [0.5, 0.6) is 0 Å². The van der Waals surface area contributed by atoms with Gasteiger partial charge in [-0.3, -0.25) is 4.79 Å². The highest BCUT2D eigenvalue weighted by atomic mass is 16.4. The highest BCUT2D eigenvalue weighted by Crippen LogP contribution is 2.24. The minimum absolute atomic E-state index is 0.146. The molecule has 0 atom stereocenters. The van der Waals surface area contributed by atoms with Gasteiger partial charge in [-0.25, -0.2) is 4.79 Å². The second-order valence-corrected chi connectivity index (χ2v) is 5.71. The molecule has 0 radical (unpaired) electrons. The van der Waals surface area contributed by atoms with Gasteiger partial charge in [-0.05, 0) is 37.8 Å². The Labute approximate surface area is 123 Å². The van der Waals surface area contributed by atoms with Crippen molar-refractivity contribution in [2.45, 2.75) is 32.7 Å². The number of carbonyl (C=O) groups excluding carboxylic acids is 1. The average molecular weight is 285 g/mol. The molecule has 21 heavy (non-hydrogen) atoms. The number of hydrogen-bond donors (Lipinski definition) is 2. The standard InChI is InChI=1S/C17H19NO3/c1-4-17(2,3)18-15(19)12-9-5-7-11-8-6-10-13(14(11)12)16(20)21/h5-10H,4H2,1-3H3,(H,18,19)(H,20,21). The Morgan fingerprint density at radius 3 is 2.19 bits per heavy atom. The normalized spacial score (nSPS) is 11.4. The Morgan fingerprint density at radius 1 is 1.10 bits per heavy atom. The quantitative estimate of drug-likeness (QED) is 0.904. The fourth-order valence-corrected chi connectivity index (χ4v) is 2.17. The molecular formula is C17H19NO3. The Bertz CT molecular complexity index is 699. The van der Waals surface area contributed by atoms with E-state index < -0.39 is 5.97 Å². The maximum atomic E-state index is 12.5. The molecule has 0 saturated heterocycles. The summed E-state index contributed by atoms with van der Waals surface area (Å²) in [4.78, 5) is 23.9. The molecule has 2 N–H and O–H groups in total. The van der Waals surface area contributed by atoms with E-state index in [0.29, 0.717) is 10.9 Å². The van der Waals surface area contributed by atoms with E-state index in [9.17, 15) is 14.7 Å². The van der Waals surface area contributed by atoms with Crippen molar-refractivity contribution >= 4 is 22.6 Å². The summed E-state index contributed by atoms with van der Waals surface area (Å²) in [6, 6.07) is 10.3. The molecule has 0 unspecified atom stereocenters. The molecule has 0 saturated carbocycles. The number of nitrogens with one attached hydrogen (secondary N) is 1. The summed E-state index contributed by atoms with van der Waals surface area (Å²) in [5.74, 6) is -1.28. The zero-order valence-corrected chi connectivity index (χ0v) is 12.4. The molecule has 2 aromatic carbocycles. The van der Waals surface area contributed by atoms with Crippen LogP contribution in [-0.2, 0) is 0 Å². The van der Waals surface area contributed by atoms with Crippen LogP contribution < -0.4 is 5.32 Å². The van der Waals surface area contributed by atoms with E-state index in [1.165, 1.54) is 6.07 Å². The molecule has 0 bridgehead atoms. The number of amides is 1. The van der Waals surface area contributed by atoms with Crippen LogP contribution in [0.1, 0.15) is 47.9 Å². The molecule has 0 aromatic heterocycles. The third kappa shape index (κ3) is 3.05. The molecule has 4 nitrogen and oxygen atoms in total. The fraction of sp³-hybridized carbons (Fsp3) is 0.294. The second kappa shape index (κ2) is 5.56. The van der Waals surface area contributed by atoms with Crippen molar-refractivity contribution in [1.29, 1.82) is 0 Å². The van der Waals surface area contributed by atoms with E-state index in [1.807, 2.05) is 32.9 Å². The van der Waals surface area contributed by atoms with E-state index in [4.69, 9.17) is 0 Å². The second-order valence-electron chi connectivity index (χ2n) is 5.71. The molecular weight excluding hydrogens is 266 g/mol. The molecule has 110 valence electrons. The van der Waals surface area contributed by atoms with Crippen LogP contribution in [0.25, 0.3) is 10.8 Å². The zero-order chi connectivity index (χ0) is 15.6. The van der Waals surface area contributed by atoms with Gasteiger partial charge in [0.15, 0.2) is 0 Å². The van der Waals surface area contributed by atoms with Crippen LogP contribution in [0.2, 0.25) is 0 Å². The minimum atomic E-state index is -1.03. The van der Waals surface area contributed by atoms with Crippen molar-refractivity contribution in [2.24, 2.45) is 0 Å². The molecule has 0 fully saturated rings. The predicted molar refractivity (Wildman–Crippen MR) is 82.7 cm³/mol. The van der Waals surface area contributed by atoms with E-state index >= 15 is 0 Å².